The maximum atomic E-state index is 12.5. The zero-order valence-corrected chi connectivity index (χ0v) is 30.7. The van der Waals surface area contributed by atoms with Gasteiger partial charge in [0.1, 0.15) is 6.61 Å². The number of carbonyl (C=O) groups excluding carboxylic acids is 2. The van der Waals surface area contributed by atoms with Gasteiger partial charge in [-0.15, -0.1) is 0 Å². The molecule has 0 aliphatic heterocycles. The summed E-state index contributed by atoms with van der Waals surface area (Å²) in [4.78, 5) is 34.6. The van der Waals surface area contributed by atoms with Crippen molar-refractivity contribution < 1.29 is 37.6 Å². The highest BCUT2D eigenvalue weighted by Crippen LogP contribution is 2.43. The summed E-state index contributed by atoms with van der Waals surface area (Å²) in [5.41, 5.74) is 5.33. The molecule has 0 heterocycles. The highest BCUT2D eigenvalue weighted by molar-refractivity contribution is 7.47. The molecule has 0 aromatic carbocycles. The zero-order chi connectivity index (χ0) is 34.0. The normalized spacial score (nSPS) is 13.4. The van der Waals surface area contributed by atoms with Gasteiger partial charge in [0.05, 0.1) is 13.2 Å². The van der Waals surface area contributed by atoms with E-state index in [0.29, 0.717) is 6.42 Å². The molecule has 0 amide bonds. The number of ether oxygens (including phenoxy) is 2. The van der Waals surface area contributed by atoms with E-state index in [9.17, 15) is 19.0 Å². The Bertz CT molecular complexity index is 739. The number of nitrogens with two attached hydrogens (primary N) is 1. The van der Waals surface area contributed by atoms with Crippen molar-refractivity contribution in [3.05, 3.63) is 0 Å². The SMILES string of the molecule is CCCCCCCCCCCCCCCC(=O)OC(COC(=O)CCCCCCCCCCCCCC)COP(=O)(O)OCCN. The Kier molecular flexibility index (Phi) is 33.2. The molecule has 2 unspecified atom stereocenters. The number of phosphoric acid groups is 1. The minimum absolute atomic E-state index is 0.0577. The van der Waals surface area contributed by atoms with Crippen LogP contribution in [0, 0.1) is 0 Å². The summed E-state index contributed by atoms with van der Waals surface area (Å²) in [5.74, 6) is -0.819. The summed E-state index contributed by atoms with van der Waals surface area (Å²) in [6, 6.07) is 0. The van der Waals surface area contributed by atoms with Gasteiger partial charge < -0.3 is 20.1 Å². The molecule has 0 aromatic rings. The molecule has 0 aliphatic rings. The number of unbranched alkanes of at least 4 members (excludes halogenated alkanes) is 23. The first kappa shape index (κ1) is 45.0. The predicted molar refractivity (Wildman–Crippen MR) is 188 cm³/mol. The summed E-state index contributed by atoms with van der Waals surface area (Å²) >= 11 is 0. The van der Waals surface area contributed by atoms with Crippen molar-refractivity contribution >= 4 is 19.8 Å². The van der Waals surface area contributed by atoms with Gasteiger partial charge in [-0.3, -0.25) is 18.6 Å². The van der Waals surface area contributed by atoms with E-state index in [0.717, 1.165) is 32.1 Å². The summed E-state index contributed by atoms with van der Waals surface area (Å²) in [6.07, 6.45) is 29.8. The smallest absolute Gasteiger partial charge is 0.462 e. The molecule has 0 saturated heterocycles. The standard InChI is InChI=1S/C36H72NO8P/c1-3-5-7-9-11-13-15-17-19-21-23-25-27-29-36(39)45-34(33-44-46(40,41)43-31-30-37)32-42-35(38)28-26-24-22-20-18-16-14-12-10-8-6-4-2/h34H,3-33,37H2,1-2H3,(H,40,41). The molecule has 2 atom stereocenters. The molecule has 0 spiro atoms. The van der Waals surface area contributed by atoms with Gasteiger partial charge in [-0.2, -0.15) is 0 Å². The van der Waals surface area contributed by atoms with Gasteiger partial charge in [-0.25, -0.2) is 4.57 Å². The molecule has 0 rings (SSSR count). The quantitative estimate of drug-likeness (QED) is 0.0377. The number of rotatable bonds is 36. The van der Waals surface area contributed by atoms with Crippen LogP contribution in [0.4, 0.5) is 0 Å². The fourth-order valence-electron chi connectivity index (χ4n) is 5.40. The Morgan fingerprint density at radius 3 is 1.33 bits per heavy atom. The molecule has 0 aliphatic carbocycles. The van der Waals surface area contributed by atoms with Gasteiger partial charge in [0.25, 0.3) is 0 Å². The molecule has 0 saturated carbocycles. The predicted octanol–water partition coefficient (Wildman–Crippen LogP) is 10.1. The van der Waals surface area contributed by atoms with Crippen LogP contribution in [0.5, 0.6) is 0 Å². The molecular formula is C36H72NO8P. The Morgan fingerprint density at radius 2 is 0.935 bits per heavy atom. The summed E-state index contributed by atoms with van der Waals surface area (Å²) < 4.78 is 32.6. The Labute approximate surface area is 282 Å². The minimum Gasteiger partial charge on any atom is -0.462 e. The van der Waals surface area contributed by atoms with Crippen molar-refractivity contribution in [1.82, 2.24) is 0 Å². The van der Waals surface area contributed by atoms with Crippen molar-refractivity contribution in [3.63, 3.8) is 0 Å². The molecule has 3 N–H and O–H groups in total. The Balaban J connectivity index is 4.20. The van der Waals surface area contributed by atoms with Crippen molar-refractivity contribution in [2.75, 3.05) is 26.4 Å². The van der Waals surface area contributed by atoms with Gasteiger partial charge >= 0.3 is 19.8 Å². The number of phosphoric ester groups is 1. The molecule has 46 heavy (non-hydrogen) atoms. The maximum Gasteiger partial charge on any atom is 0.472 e. The summed E-state index contributed by atoms with van der Waals surface area (Å²) in [5, 5.41) is 0. The maximum absolute atomic E-state index is 12.5. The van der Waals surface area contributed by atoms with E-state index >= 15 is 0 Å². The van der Waals surface area contributed by atoms with Crippen LogP contribution in [0.1, 0.15) is 187 Å². The van der Waals surface area contributed by atoms with Gasteiger partial charge in [-0.1, -0.05) is 162 Å². The van der Waals surface area contributed by atoms with E-state index in [2.05, 4.69) is 13.8 Å². The molecule has 0 aromatic heterocycles. The van der Waals surface area contributed by atoms with E-state index in [4.69, 9.17) is 24.3 Å². The van der Waals surface area contributed by atoms with Crippen LogP contribution in [0.2, 0.25) is 0 Å². The lowest BCUT2D eigenvalue weighted by molar-refractivity contribution is -0.161. The Morgan fingerprint density at radius 1 is 0.565 bits per heavy atom. The lowest BCUT2D eigenvalue weighted by atomic mass is 10.0. The second kappa shape index (κ2) is 33.9. The second-order valence-corrected chi connectivity index (χ2v) is 14.3. The third-order valence-electron chi connectivity index (χ3n) is 8.24. The minimum atomic E-state index is -4.36. The zero-order valence-electron chi connectivity index (χ0n) is 29.8. The van der Waals surface area contributed by atoms with Crippen molar-refractivity contribution in [2.24, 2.45) is 5.73 Å². The molecule has 0 radical (unpaired) electrons. The van der Waals surface area contributed by atoms with E-state index in [-0.39, 0.29) is 38.6 Å². The molecule has 0 fully saturated rings. The van der Waals surface area contributed by atoms with Crippen LogP contribution in [0.3, 0.4) is 0 Å². The Hall–Kier alpha value is -0.990. The van der Waals surface area contributed by atoms with E-state index in [1.807, 2.05) is 0 Å². The molecule has 0 bridgehead atoms. The van der Waals surface area contributed by atoms with Crippen LogP contribution in [0.15, 0.2) is 0 Å². The average molecular weight is 678 g/mol. The van der Waals surface area contributed by atoms with E-state index < -0.39 is 26.5 Å². The van der Waals surface area contributed by atoms with Gasteiger partial charge in [0.15, 0.2) is 6.10 Å². The molecular weight excluding hydrogens is 605 g/mol. The lowest BCUT2D eigenvalue weighted by Gasteiger charge is -2.19. The summed E-state index contributed by atoms with van der Waals surface area (Å²) in [7, 11) is -4.36. The molecule has 274 valence electrons. The van der Waals surface area contributed by atoms with E-state index in [1.165, 1.54) is 122 Å². The lowest BCUT2D eigenvalue weighted by Crippen LogP contribution is -2.29. The monoisotopic (exact) mass is 677 g/mol. The van der Waals surface area contributed by atoms with Crippen molar-refractivity contribution in [1.29, 1.82) is 0 Å². The van der Waals surface area contributed by atoms with Crippen LogP contribution < -0.4 is 5.73 Å². The molecule has 9 nitrogen and oxygen atoms in total. The third kappa shape index (κ3) is 32.9. The molecule has 10 heteroatoms. The largest absolute Gasteiger partial charge is 0.472 e. The second-order valence-electron chi connectivity index (χ2n) is 12.8. The highest BCUT2D eigenvalue weighted by Gasteiger charge is 2.25. The fourth-order valence-corrected chi connectivity index (χ4v) is 6.16. The topological polar surface area (TPSA) is 134 Å². The van der Waals surface area contributed by atoms with Crippen molar-refractivity contribution in [2.45, 2.75) is 193 Å². The fraction of sp³-hybridized carbons (Fsp3) is 0.944. The summed E-state index contributed by atoms with van der Waals surface area (Å²) in [6.45, 7) is 3.74. The average Bonchev–Trinajstić information content (AvgIpc) is 3.04. The van der Waals surface area contributed by atoms with E-state index in [1.54, 1.807) is 0 Å². The van der Waals surface area contributed by atoms with Crippen LogP contribution >= 0.6 is 7.82 Å². The number of hydrogen-bond donors (Lipinski definition) is 2. The van der Waals surface area contributed by atoms with Crippen LogP contribution in [-0.2, 0) is 32.7 Å². The van der Waals surface area contributed by atoms with Gasteiger partial charge in [0, 0.05) is 19.4 Å². The third-order valence-corrected chi connectivity index (χ3v) is 9.23. The first-order chi connectivity index (χ1) is 22.3. The van der Waals surface area contributed by atoms with Gasteiger partial charge in [-0.05, 0) is 12.8 Å². The first-order valence-corrected chi connectivity index (χ1v) is 20.5. The number of esters is 2. The van der Waals surface area contributed by atoms with Crippen LogP contribution in [0.25, 0.3) is 0 Å². The van der Waals surface area contributed by atoms with Gasteiger partial charge in [0.2, 0.25) is 0 Å². The van der Waals surface area contributed by atoms with Crippen LogP contribution in [-0.4, -0.2) is 49.3 Å². The van der Waals surface area contributed by atoms with Crippen molar-refractivity contribution in [3.8, 4) is 0 Å². The highest BCUT2D eigenvalue weighted by atomic mass is 31.2. The number of carbonyl (C=O) groups is 2. The first-order valence-electron chi connectivity index (χ1n) is 19.0. The number of hydrogen-bond acceptors (Lipinski definition) is 8.